The maximum atomic E-state index is 12.5. The Balaban J connectivity index is 1.98. The topological polar surface area (TPSA) is 69.6 Å². The number of aliphatic carboxylic acids is 1. The number of carbonyl (C=O) groups is 2. The standard InChI is InChI=1S/C15H22N2O3S/c1-10(2)13(7-14(18)19)16-15(20)17(12-3-4-12)8-11-5-6-21-9-11/h5-6,9-10,12-13H,3-4,7-8H2,1-2H3,(H,16,20)(H,18,19). The minimum atomic E-state index is -0.884. The molecule has 0 saturated heterocycles. The van der Waals surface area contributed by atoms with Gasteiger partial charge in [0, 0.05) is 18.6 Å². The number of nitrogens with one attached hydrogen (secondary N) is 1. The summed E-state index contributed by atoms with van der Waals surface area (Å²) in [5.41, 5.74) is 1.13. The molecule has 0 radical (unpaired) electrons. The number of hydrogen-bond acceptors (Lipinski definition) is 3. The third-order valence-electron chi connectivity index (χ3n) is 3.69. The Morgan fingerprint density at radius 1 is 1.48 bits per heavy atom. The molecule has 0 aliphatic heterocycles. The molecule has 1 aromatic heterocycles. The van der Waals surface area contributed by atoms with E-state index in [2.05, 4.69) is 5.32 Å². The van der Waals surface area contributed by atoms with Gasteiger partial charge in [-0.2, -0.15) is 11.3 Å². The highest BCUT2D eigenvalue weighted by Crippen LogP contribution is 2.29. The molecule has 0 bridgehead atoms. The summed E-state index contributed by atoms with van der Waals surface area (Å²) in [5.74, 6) is -0.794. The number of carboxylic acids is 1. The second kappa shape index (κ2) is 6.93. The lowest BCUT2D eigenvalue weighted by Gasteiger charge is -2.27. The number of hydrogen-bond donors (Lipinski definition) is 2. The van der Waals surface area contributed by atoms with Gasteiger partial charge in [0.15, 0.2) is 0 Å². The molecule has 21 heavy (non-hydrogen) atoms. The maximum Gasteiger partial charge on any atom is 0.318 e. The molecule has 116 valence electrons. The van der Waals surface area contributed by atoms with Crippen molar-refractivity contribution in [3.63, 3.8) is 0 Å². The predicted octanol–water partition coefficient (Wildman–Crippen LogP) is 2.92. The number of carboxylic acid groups (broad SMARTS) is 1. The van der Waals surface area contributed by atoms with Crippen molar-refractivity contribution in [2.24, 2.45) is 5.92 Å². The normalized spacial score (nSPS) is 15.8. The van der Waals surface area contributed by atoms with Crippen molar-refractivity contribution < 1.29 is 14.7 Å². The first-order valence-electron chi connectivity index (χ1n) is 7.27. The monoisotopic (exact) mass is 310 g/mol. The minimum absolute atomic E-state index is 0.0413. The van der Waals surface area contributed by atoms with Crippen molar-refractivity contribution in [2.75, 3.05) is 0 Å². The van der Waals surface area contributed by atoms with E-state index in [0.717, 1.165) is 18.4 Å². The molecule has 2 N–H and O–H groups in total. The molecular weight excluding hydrogens is 288 g/mol. The maximum absolute atomic E-state index is 12.5. The van der Waals surface area contributed by atoms with E-state index in [1.807, 2.05) is 35.6 Å². The van der Waals surface area contributed by atoms with Crippen molar-refractivity contribution in [3.05, 3.63) is 22.4 Å². The molecule has 1 fully saturated rings. The molecule has 1 aliphatic carbocycles. The van der Waals surface area contributed by atoms with E-state index in [0.29, 0.717) is 12.6 Å². The SMILES string of the molecule is CC(C)C(CC(=O)O)NC(=O)N(Cc1ccsc1)C1CC1. The fourth-order valence-corrected chi connectivity index (χ4v) is 2.88. The highest BCUT2D eigenvalue weighted by atomic mass is 32.1. The highest BCUT2D eigenvalue weighted by molar-refractivity contribution is 7.07. The number of nitrogens with zero attached hydrogens (tertiary/aromatic N) is 1. The zero-order valence-electron chi connectivity index (χ0n) is 12.4. The molecule has 1 heterocycles. The van der Waals surface area contributed by atoms with E-state index in [9.17, 15) is 9.59 Å². The summed E-state index contributed by atoms with van der Waals surface area (Å²) < 4.78 is 0. The van der Waals surface area contributed by atoms with Crippen LogP contribution in [-0.4, -0.2) is 34.1 Å². The van der Waals surface area contributed by atoms with Crippen LogP contribution in [0.4, 0.5) is 4.79 Å². The fourth-order valence-electron chi connectivity index (χ4n) is 2.22. The van der Waals surface area contributed by atoms with E-state index < -0.39 is 5.97 Å². The van der Waals surface area contributed by atoms with Crippen LogP contribution in [-0.2, 0) is 11.3 Å². The van der Waals surface area contributed by atoms with Crippen molar-refractivity contribution >= 4 is 23.3 Å². The largest absolute Gasteiger partial charge is 0.481 e. The van der Waals surface area contributed by atoms with Gasteiger partial charge in [-0.3, -0.25) is 4.79 Å². The van der Waals surface area contributed by atoms with Crippen molar-refractivity contribution in [1.82, 2.24) is 10.2 Å². The van der Waals surface area contributed by atoms with Crippen LogP contribution in [0.5, 0.6) is 0 Å². The second-order valence-electron chi connectivity index (χ2n) is 5.89. The number of amides is 2. The number of urea groups is 1. The Hall–Kier alpha value is -1.56. The summed E-state index contributed by atoms with van der Waals surface area (Å²) >= 11 is 1.62. The summed E-state index contributed by atoms with van der Waals surface area (Å²) in [6.07, 6.45) is 2.02. The molecule has 2 amide bonds. The van der Waals surface area contributed by atoms with E-state index >= 15 is 0 Å². The average molecular weight is 310 g/mol. The predicted molar refractivity (Wildman–Crippen MR) is 82.3 cm³/mol. The highest BCUT2D eigenvalue weighted by Gasteiger charge is 2.34. The minimum Gasteiger partial charge on any atom is -0.481 e. The van der Waals surface area contributed by atoms with Crippen LogP contribution in [0, 0.1) is 5.92 Å². The third kappa shape index (κ3) is 4.74. The van der Waals surface area contributed by atoms with Crippen molar-refractivity contribution in [3.8, 4) is 0 Å². The van der Waals surface area contributed by atoms with Gasteiger partial charge in [0.2, 0.25) is 0 Å². The quantitative estimate of drug-likeness (QED) is 0.813. The van der Waals surface area contributed by atoms with Gasteiger partial charge in [-0.1, -0.05) is 13.8 Å². The van der Waals surface area contributed by atoms with Crippen LogP contribution in [0.3, 0.4) is 0 Å². The van der Waals surface area contributed by atoms with Crippen LogP contribution < -0.4 is 5.32 Å². The zero-order valence-corrected chi connectivity index (χ0v) is 13.2. The van der Waals surface area contributed by atoms with Gasteiger partial charge in [-0.05, 0) is 41.1 Å². The molecule has 1 aromatic rings. The molecule has 5 nitrogen and oxygen atoms in total. The van der Waals surface area contributed by atoms with Gasteiger partial charge in [0.1, 0.15) is 0 Å². The molecule has 1 atom stereocenters. The molecule has 1 unspecified atom stereocenters. The third-order valence-corrected chi connectivity index (χ3v) is 4.42. The Morgan fingerprint density at radius 2 is 2.19 bits per heavy atom. The van der Waals surface area contributed by atoms with Gasteiger partial charge in [-0.25, -0.2) is 4.79 Å². The van der Waals surface area contributed by atoms with Gasteiger partial charge in [-0.15, -0.1) is 0 Å². The lowest BCUT2D eigenvalue weighted by molar-refractivity contribution is -0.137. The zero-order chi connectivity index (χ0) is 15.4. The molecule has 1 aliphatic rings. The molecular formula is C15H22N2O3S. The van der Waals surface area contributed by atoms with Gasteiger partial charge in [0.05, 0.1) is 6.42 Å². The van der Waals surface area contributed by atoms with Crippen molar-refractivity contribution in [1.29, 1.82) is 0 Å². The van der Waals surface area contributed by atoms with E-state index in [1.165, 1.54) is 0 Å². The molecule has 6 heteroatoms. The summed E-state index contributed by atoms with van der Waals surface area (Å²) in [7, 11) is 0. The second-order valence-corrected chi connectivity index (χ2v) is 6.67. The Bertz CT molecular complexity index is 483. The molecule has 1 saturated carbocycles. The van der Waals surface area contributed by atoms with Crippen LogP contribution in [0.2, 0.25) is 0 Å². The van der Waals surface area contributed by atoms with E-state index in [1.54, 1.807) is 11.3 Å². The fraction of sp³-hybridized carbons (Fsp3) is 0.600. The molecule has 0 spiro atoms. The first-order chi connectivity index (χ1) is 9.97. The Kier molecular flexibility index (Phi) is 5.22. The smallest absolute Gasteiger partial charge is 0.318 e. The first-order valence-corrected chi connectivity index (χ1v) is 8.21. The number of rotatable bonds is 7. The van der Waals surface area contributed by atoms with Gasteiger partial charge < -0.3 is 15.3 Å². The number of carbonyl (C=O) groups excluding carboxylic acids is 1. The lowest BCUT2D eigenvalue weighted by Crippen LogP contribution is -2.48. The molecule has 2 rings (SSSR count). The summed E-state index contributed by atoms with van der Waals surface area (Å²) in [6, 6.07) is 1.83. The Morgan fingerprint density at radius 3 is 2.67 bits per heavy atom. The van der Waals surface area contributed by atoms with Crippen LogP contribution >= 0.6 is 11.3 Å². The van der Waals surface area contributed by atoms with Crippen molar-refractivity contribution in [2.45, 2.75) is 51.7 Å². The summed E-state index contributed by atoms with van der Waals surface area (Å²) in [4.78, 5) is 25.2. The lowest BCUT2D eigenvalue weighted by atomic mass is 10.0. The summed E-state index contributed by atoms with van der Waals surface area (Å²) in [5, 5.41) is 15.9. The molecule has 0 aromatic carbocycles. The number of thiophene rings is 1. The van der Waals surface area contributed by atoms with Crippen LogP contribution in [0.1, 0.15) is 38.7 Å². The Labute approximate surface area is 129 Å². The van der Waals surface area contributed by atoms with Gasteiger partial charge in [0.25, 0.3) is 0 Å². The van der Waals surface area contributed by atoms with Crippen LogP contribution in [0.25, 0.3) is 0 Å². The van der Waals surface area contributed by atoms with E-state index in [4.69, 9.17) is 5.11 Å². The average Bonchev–Trinajstić information content (AvgIpc) is 3.11. The van der Waals surface area contributed by atoms with Gasteiger partial charge >= 0.3 is 12.0 Å². The first kappa shape index (κ1) is 15.8. The summed E-state index contributed by atoms with van der Waals surface area (Å²) in [6.45, 7) is 4.44. The van der Waals surface area contributed by atoms with Crippen LogP contribution in [0.15, 0.2) is 16.8 Å². The van der Waals surface area contributed by atoms with E-state index in [-0.39, 0.29) is 24.4 Å².